The van der Waals surface area contributed by atoms with E-state index in [0.717, 1.165) is 52.6 Å². The quantitative estimate of drug-likeness (QED) is 0.279. The third-order valence-corrected chi connectivity index (χ3v) is 7.01. The van der Waals surface area contributed by atoms with Crippen molar-refractivity contribution in [2.45, 2.75) is 25.9 Å². The Morgan fingerprint density at radius 3 is 2.78 bits per heavy atom. The zero-order valence-corrected chi connectivity index (χ0v) is 19.4. The topological polar surface area (TPSA) is 39.2 Å². The third-order valence-electron chi connectivity index (χ3n) is 5.61. The average Bonchev–Trinajstić information content (AvgIpc) is 3.30. The molecule has 2 aromatic heterocycles. The predicted molar refractivity (Wildman–Crippen MR) is 132 cm³/mol. The summed E-state index contributed by atoms with van der Waals surface area (Å²) in [5.74, 6) is -0.358. The van der Waals surface area contributed by atoms with Crippen molar-refractivity contribution in [1.82, 2.24) is 4.98 Å². The minimum Gasteiger partial charge on any atom is -0.457 e. The highest BCUT2D eigenvalue weighted by molar-refractivity contribution is 7.10. The number of nitrogens with zero attached hydrogens (tertiary/aromatic N) is 1. The van der Waals surface area contributed by atoms with Crippen LogP contribution in [0.1, 0.15) is 44.9 Å². The van der Waals surface area contributed by atoms with Crippen molar-refractivity contribution in [2.24, 2.45) is 0 Å². The van der Waals surface area contributed by atoms with E-state index >= 15 is 0 Å². The number of aromatic nitrogens is 1. The van der Waals surface area contributed by atoms with Crippen molar-refractivity contribution < 1.29 is 9.53 Å². The van der Waals surface area contributed by atoms with E-state index in [1.807, 2.05) is 30.3 Å². The van der Waals surface area contributed by atoms with Crippen LogP contribution in [-0.4, -0.2) is 11.0 Å². The van der Waals surface area contributed by atoms with Gasteiger partial charge in [-0.05, 0) is 66.1 Å². The van der Waals surface area contributed by atoms with Gasteiger partial charge in [0.15, 0.2) is 0 Å². The van der Waals surface area contributed by atoms with Gasteiger partial charge in [0, 0.05) is 25.9 Å². The van der Waals surface area contributed by atoms with Crippen molar-refractivity contribution in [1.29, 1.82) is 0 Å². The lowest BCUT2D eigenvalue weighted by Crippen LogP contribution is -2.15. The normalized spacial score (nSPS) is 14.5. The first-order valence-corrected chi connectivity index (χ1v) is 12.0. The van der Waals surface area contributed by atoms with Gasteiger partial charge in [-0.2, -0.15) is 0 Å². The molecule has 5 rings (SSSR count). The van der Waals surface area contributed by atoms with Gasteiger partial charge >= 0.3 is 5.97 Å². The minimum absolute atomic E-state index is 0.0815. The first-order valence-electron chi connectivity index (χ1n) is 10.4. The lowest BCUT2D eigenvalue weighted by Gasteiger charge is -2.22. The fraction of sp³-hybridized carbons (Fsp3) is 0.154. The van der Waals surface area contributed by atoms with E-state index in [1.165, 1.54) is 4.88 Å². The van der Waals surface area contributed by atoms with Crippen LogP contribution in [0.3, 0.4) is 0 Å². The van der Waals surface area contributed by atoms with Crippen LogP contribution in [0, 0.1) is 0 Å². The summed E-state index contributed by atoms with van der Waals surface area (Å²) in [6.45, 7) is 0.0815. The first-order chi connectivity index (χ1) is 15.6. The maximum atomic E-state index is 13.4. The molecule has 0 atom stereocenters. The molecule has 160 valence electrons. The molecule has 0 saturated heterocycles. The van der Waals surface area contributed by atoms with Gasteiger partial charge in [0.2, 0.25) is 0 Å². The molecule has 2 heterocycles. The van der Waals surface area contributed by atoms with Crippen LogP contribution in [0.2, 0.25) is 10.0 Å². The molecular formula is C26H19Cl2NO2S. The second-order valence-electron chi connectivity index (χ2n) is 7.68. The summed E-state index contributed by atoms with van der Waals surface area (Å²) in [6, 6.07) is 17.0. The summed E-state index contributed by atoms with van der Waals surface area (Å²) < 4.78 is 5.74. The lowest BCUT2D eigenvalue weighted by atomic mass is 9.86. The number of rotatable bonds is 4. The van der Waals surface area contributed by atoms with Gasteiger partial charge in [-0.1, -0.05) is 53.5 Å². The van der Waals surface area contributed by atoms with E-state index in [1.54, 1.807) is 29.5 Å². The largest absolute Gasteiger partial charge is 0.457 e. The molecule has 32 heavy (non-hydrogen) atoms. The van der Waals surface area contributed by atoms with Crippen LogP contribution in [0.5, 0.6) is 0 Å². The van der Waals surface area contributed by atoms with Gasteiger partial charge in [0.05, 0.1) is 16.8 Å². The second-order valence-corrected chi connectivity index (χ2v) is 9.50. The van der Waals surface area contributed by atoms with Crippen molar-refractivity contribution in [3.8, 4) is 0 Å². The van der Waals surface area contributed by atoms with E-state index in [-0.39, 0.29) is 12.6 Å². The van der Waals surface area contributed by atoms with Crippen LogP contribution in [0.25, 0.3) is 22.6 Å². The number of para-hydroxylation sites is 1. The molecule has 0 amide bonds. The Morgan fingerprint density at radius 2 is 1.97 bits per heavy atom. The molecule has 2 aromatic carbocycles. The smallest absolute Gasteiger partial charge is 0.339 e. The first kappa shape index (κ1) is 21.2. The molecule has 0 saturated carbocycles. The van der Waals surface area contributed by atoms with Crippen LogP contribution in [-0.2, 0) is 17.8 Å². The number of hydrogen-bond acceptors (Lipinski definition) is 4. The molecule has 3 nitrogen and oxygen atoms in total. The fourth-order valence-corrected chi connectivity index (χ4v) is 5.25. The third kappa shape index (κ3) is 4.18. The maximum absolute atomic E-state index is 13.4. The van der Waals surface area contributed by atoms with Crippen molar-refractivity contribution in [2.75, 3.05) is 0 Å². The van der Waals surface area contributed by atoms with E-state index in [0.29, 0.717) is 15.6 Å². The fourth-order valence-electron chi connectivity index (χ4n) is 4.11. The highest BCUT2D eigenvalue weighted by atomic mass is 35.5. The Hall–Kier alpha value is -2.66. The Balaban J connectivity index is 1.57. The van der Waals surface area contributed by atoms with E-state index < -0.39 is 0 Å². The van der Waals surface area contributed by atoms with Crippen molar-refractivity contribution in [3.05, 3.63) is 97.3 Å². The molecule has 1 aliphatic rings. The zero-order valence-electron chi connectivity index (χ0n) is 17.1. The van der Waals surface area contributed by atoms with Crippen LogP contribution >= 0.6 is 34.5 Å². The van der Waals surface area contributed by atoms with Gasteiger partial charge in [-0.25, -0.2) is 9.78 Å². The number of ether oxygens (including phenoxy) is 1. The summed E-state index contributed by atoms with van der Waals surface area (Å²) in [5, 5.41) is 3.91. The monoisotopic (exact) mass is 479 g/mol. The number of fused-ring (bicyclic) bond motifs is 2. The molecule has 0 bridgehead atoms. The van der Waals surface area contributed by atoms with Gasteiger partial charge in [0.1, 0.15) is 6.61 Å². The molecule has 1 aliphatic carbocycles. The number of esters is 1. The lowest BCUT2D eigenvalue weighted by molar-refractivity contribution is 0.0473. The number of carbonyl (C=O) groups is 1. The summed E-state index contributed by atoms with van der Waals surface area (Å²) in [7, 11) is 0. The van der Waals surface area contributed by atoms with Crippen molar-refractivity contribution in [3.63, 3.8) is 0 Å². The number of allylic oxidation sites excluding steroid dienone is 1. The summed E-state index contributed by atoms with van der Waals surface area (Å²) in [4.78, 5) is 19.5. The Kier molecular flexibility index (Phi) is 6.01. The molecule has 0 N–H and O–H groups in total. The Labute approximate surface area is 200 Å². The Bertz CT molecular complexity index is 1350. The molecule has 0 spiro atoms. The molecule has 4 aromatic rings. The van der Waals surface area contributed by atoms with Crippen LogP contribution in [0.15, 0.2) is 60.0 Å². The molecule has 0 radical (unpaired) electrons. The number of hydrogen-bond donors (Lipinski definition) is 0. The van der Waals surface area contributed by atoms with Crippen LogP contribution in [0.4, 0.5) is 0 Å². The highest BCUT2D eigenvalue weighted by Gasteiger charge is 2.26. The van der Waals surface area contributed by atoms with E-state index in [9.17, 15) is 4.79 Å². The van der Waals surface area contributed by atoms with Gasteiger partial charge in [-0.15, -0.1) is 11.3 Å². The van der Waals surface area contributed by atoms with Gasteiger partial charge in [0.25, 0.3) is 0 Å². The van der Waals surface area contributed by atoms with Crippen LogP contribution < -0.4 is 0 Å². The minimum atomic E-state index is -0.358. The van der Waals surface area contributed by atoms with Gasteiger partial charge in [-0.3, -0.25) is 0 Å². The molecule has 0 unspecified atom stereocenters. The Morgan fingerprint density at radius 1 is 1.09 bits per heavy atom. The van der Waals surface area contributed by atoms with Gasteiger partial charge < -0.3 is 4.74 Å². The number of benzene rings is 2. The zero-order chi connectivity index (χ0) is 22.1. The van der Waals surface area contributed by atoms with Crippen molar-refractivity contribution >= 4 is 63.1 Å². The number of thiophene rings is 1. The molecule has 6 heteroatoms. The molecule has 0 aliphatic heterocycles. The predicted octanol–water partition coefficient (Wildman–Crippen LogP) is 7.84. The molecular weight excluding hydrogens is 461 g/mol. The summed E-state index contributed by atoms with van der Waals surface area (Å²) in [6.07, 6.45) is 4.88. The second kappa shape index (κ2) is 9.07. The standard InChI is InChI=1S/C26H19Cl2NO2S/c27-18-11-10-17(22(28)14-18)15-31-26(30)24-20-7-1-2-9-23(20)29-25-16(5-3-8-21(24)25)13-19-6-4-12-32-19/h1-2,4,6-7,9-14H,3,5,8,15H2. The number of pyridine rings is 1. The van der Waals surface area contributed by atoms with E-state index in [4.69, 9.17) is 32.9 Å². The summed E-state index contributed by atoms with van der Waals surface area (Å²) >= 11 is 13.9. The highest BCUT2D eigenvalue weighted by Crippen LogP contribution is 2.37. The SMILES string of the molecule is O=C(OCc1ccc(Cl)cc1Cl)c1c2c(nc3ccccc13)C(=Cc1cccs1)CCC2. The number of carbonyl (C=O) groups excluding carboxylic acids is 1. The van der Waals surface area contributed by atoms with E-state index in [2.05, 4.69) is 17.5 Å². The summed E-state index contributed by atoms with van der Waals surface area (Å²) in [5.41, 5.74) is 5.14. The average molecular weight is 480 g/mol. The molecule has 0 fully saturated rings. The number of halogens is 2. The maximum Gasteiger partial charge on any atom is 0.339 e.